The van der Waals surface area contributed by atoms with Crippen LogP contribution >= 0.6 is 0 Å². The Kier molecular flexibility index (Phi) is 6.84. The van der Waals surface area contributed by atoms with Crippen LogP contribution in [-0.2, 0) is 19.7 Å². The fourth-order valence-corrected chi connectivity index (χ4v) is 3.55. The first-order valence-electron chi connectivity index (χ1n) is 9.21. The number of rotatable bonds is 8. The first-order valence-corrected chi connectivity index (χ1v) is 9.21. The van der Waals surface area contributed by atoms with Gasteiger partial charge in [-0.1, -0.05) is 6.07 Å². The molecule has 1 aliphatic heterocycles. The summed E-state index contributed by atoms with van der Waals surface area (Å²) in [5, 5.41) is 18.6. The van der Waals surface area contributed by atoms with Crippen LogP contribution in [0.3, 0.4) is 0 Å². The molecule has 2 aromatic rings. The lowest BCUT2D eigenvalue weighted by Crippen LogP contribution is -2.52. The zero-order valence-corrected chi connectivity index (χ0v) is 15.6. The van der Waals surface area contributed by atoms with E-state index < -0.39 is 0 Å². The number of ether oxygens (including phenoxy) is 1. The number of aliphatic hydroxyl groups is 2. The summed E-state index contributed by atoms with van der Waals surface area (Å²) in [5.74, 6) is 1.61. The van der Waals surface area contributed by atoms with Gasteiger partial charge in [0.2, 0.25) is 0 Å². The van der Waals surface area contributed by atoms with E-state index in [0.717, 1.165) is 25.4 Å². The zero-order valence-electron chi connectivity index (χ0n) is 15.6. The van der Waals surface area contributed by atoms with Crippen molar-refractivity contribution < 1.29 is 23.8 Å². The van der Waals surface area contributed by atoms with E-state index in [-0.39, 0.29) is 25.1 Å². The molecule has 1 aliphatic rings. The molecule has 2 heterocycles. The largest absolute Gasteiger partial charge is 0.497 e. The minimum atomic E-state index is -0.272. The Morgan fingerprint density at radius 2 is 1.96 bits per heavy atom. The van der Waals surface area contributed by atoms with Gasteiger partial charge in [0.1, 0.15) is 29.7 Å². The van der Waals surface area contributed by atoms with E-state index in [9.17, 15) is 9.50 Å². The SMILES string of the molecule is COc1ccc(CN2CCN(Cc3ccc(CO)o3)C[C@@H]2CCO)c(F)c1. The molecule has 0 spiro atoms. The number of methoxy groups -OCH3 is 1. The van der Waals surface area contributed by atoms with Crippen molar-refractivity contribution in [1.29, 1.82) is 0 Å². The topological polar surface area (TPSA) is 69.3 Å². The second-order valence-electron chi connectivity index (χ2n) is 6.86. The van der Waals surface area contributed by atoms with Gasteiger partial charge in [0.15, 0.2) is 0 Å². The molecule has 148 valence electrons. The van der Waals surface area contributed by atoms with E-state index in [2.05, 4.69) is 9.80 Å². The summed E-state index contributed by atoms with van der Waals surface area (Å²) in [5.41, 5.74) is 0.630. The standard InChI is InChI=1S/C20H27FN2O4/c1-26-17-3-2-15(20(21)10-17)11-23-8-7-22(12-16(23)6-9-24)13-18-4-5-19(14-25)27-18/h2-5,10,16,24-25H,6-9,11-14H2,1H3/t16-/m0/s1. The van der Waals surface area contributed by atoms with Gasteiger partial charge < -0.3 is 19.4 Å². The molecular formula is C20H27FN2O4. The zero-order chi connectivity index (χ0) is 19.2. The van der Waals surface area contributed by atoms with Crippen LogP contribution in [0, 0.1) is 5.82 Å². The molecule has 2 N–H and O–H groups in total. The lowest BCUT2D eigenvalue weighted by Gasteiger charge is -2.41. The lowest BCUT2D eigenvalue weighted by molar-refractivity contribution is 0.0458. The molecule has 0 saturated carbocycles. The molecule has 1 aromatic heterocycles. The van der Waals surface area contributed by atoms with Crippen LogP contribution in [0.5, 0.6) is 5.75 Å². The predicted molar refractivity (Wildman–Crippen MR) is 98.8 cm³/mol. The number of piperazine rings is 1. The van der Waals surface area contributed by atoms with Crippen molar-refractivity contribution in [3.8, 4) is 5.75 Å². The summed E-state index contributed by atoms with van der Waals surface area (Å²) >= 11 is 0. The molecule has 1 saturated heterocycles. The number of hydrogen-bond donors (Lipinski definition) is 2. The Labute approximate surface area is 158 Å². The summed E-state index contributed by atoms with van der Waals surface area (Å²) in [7, 11) is 1.52. The Morgan fingerprint density at radius 1 is 1.15 bits per heavy atom. The van der Waals surface area contributed by atoms with Crippen LogP contribution in [0.2, 0.25) is 0 Å². The van der Waals surface area contributed by atoms with Crippen molar-refractivity contribution in [2.45, 2.75) is 32.2 Å². The van der Waals surface area contributed by atoms with E-state index in [0.29, 0.717) is 36.6 Å². The molecule has 1 aromatic carbocycles. The third-order valence-electron chi connectivity index (χ3n) is 5.04. The normalized spacial score (nSPS) is 18.7. The van der Waals surface area contributed by atoms with Crippen LogP contribution in [0.4, 0.5) is 4.39 Å². The van der Waals surface area contributed by atoms with Crippen LogP contribution in [0.25, 0.3) is 0 Å². The fraction of sp³-hybridized carbons (Fsp3) is 0.500. The quantitative estimate of drug-likeness (QED) is 0.732. The molecule has 0 aliphatic carbocycles. The first-order chi connectivity index (χ1) is 13.1. The second kappa shape index (κ2) is 9.32. The van der Waals surface area contributed by atoms with E-state index in [1.54, 1.807) is 18.2 Å². The molecule has 3 rings (SSSR count). The maximum absolute atomic E-state index is 14.3. The highest BCUT2D eigenvalue weighted by Crippen LogP contribution is 2.22. The average Bonchev–Trinajstić information content (AvgIpc) is 3.13. The monoisotopic (exact) mass is 378 g/mol. The lowest BCUT2D eigenvalue weighted by atomic mass is 10.1. The van der Waals surface area contributed by atoms with Crippen molar-refractivity contribution in [3.05, 3.63) is 53.2 Å². The summed E-state index contributed by atoms with van der Waals surface area (Å²) < 4.78 is 24.9. The number of nitrogens with zero attached hydrogens (tertiary/aromatic N) is 2. The highest BCUT2D eigenvalue weighted by Gasteiger charge is 2.27. The molecule has 1 fully saturated rings. The van der Waals surface area contributed by atoms with E-state index in [1.165, 1.54) is 13.2 Å². The number of halogens is 1. The Morgan fingerprint density at radius 3 is 2.63 bits per heavy atom. The summed E-state index contributed by atoms with van der Waals surface area (Å²) in [6.45, 7) is 3.53. The number of hydrogen-bond acceptors (Lipinski definition) is 6. The van der Waals surface area contributed by atoms with Crippen LogP contribution < -0.4 is 4.74 Å². The molecule has 27 heavy (non-hydrogen) atoms. The van der Waals surface area contributed by atoms with Gasteiger partial charge in [-0.2, -0.15) is 0 Å². The third-order valence-corrected chi connectivity index (χ3v) is 5.04. The van der Waals surface area contributed by atoms with E-state index >= 15 is 0 Å². The van der Waals surface area contributed by atoms with Crippen LogP contribution in [-0.4, -0.2) is 59.4 Å². The fourth-order valence-electron chi connectivity index (χ4n) is 3.55. The van der Waals surface area contributed by atoms with Gasteiger partial charge in [0, 0.05) is 50.5 Å². The Hall–Kier alpha value is -1.93. The predicted octanol–water partition coefficient (Wildman–Crippen LogP) is 1.99. The molecule has 0 unspecified atom stereocenters. The van der Waals surface area contributed by atoms with Crippen LogP contribution in [0.15, 0.2) is 34.7 Å². The molecule has 6 nitrogen and oxygen atoms in total. The summed E-state index contributed by atoms with van der Waals surface area (Å²) in [4.78, 5) is 4.49. The number of furan rings is 1. The van der Waals surface area contributed by atoms with E-state index in [4.69, 9.17) is 14.3 Å². The van der Waals surface area contributed by atoms with Crippen molar-refractivity contribution in [2.24, 2.45) is 0 Å². The average molecular weight is 378 g/mol. The summed E-state index contributed by atoms with van der Waals surface area (Å²) in [6.07, 6.45) is 0.633. The smallest absolute Gasteiger partial charge is 0.131 e. The maximum atomic E-state index is 14.3. The van der Waals surface area contributed by atoms with Gasteiger partial charge in [0.25, 0.3) is 0 Å². The maximum Gasteiger partial charge on any atom is 0.131 e. The van der Waals surface area contributed by atoms with Gasteiger partial charge in [0.05, 0.1) is 13.7 Å². The third kappa shape index (κ3) is 5.07. The van der Waals surface area contributed by atoms with Crippen molar-refractivity contribution >= 4 is 0 Å². The highest BCUT2D eigenvalue weighted by atomic mass is 19.1. The number of aliphatic hydroxyl groups excluding tert-OH is 2. The summed E-state index contributed by atoms with van der Waals surface area (Å²) in [6, 6.07) is 8.73. The van der Waals surface area contributed by atoms with Gasteiger partial charge >= 0.3 is 0 Å². The Balaban J connectivity index is 1.63. The highest BCUT2D eigenvalue weighted by molar-refractivity contribution is 5.29. The molecule has 1 atom stereocenters. The van der Waals surface area contributed by atoms with Gasteiger partial charge in [-0.3, -0.25) is 9.80 Å². The molecule has 0 radical (unpaired) electrons. The van der Waals surface area contributed by atoms with E-state index in [1.807, 2.05) is 6.07 Å². The minimum Gasteiger partial charge on any atom is -0.497 e. The first kappa shape index (κ1) is 19.8. The van der Waals surface area contributed by atoms with Crippen molar-refractivity contribution in [2.75, 3.05) is 33.4 Å². The van der Waals surface area contributed by atoms with Gasteiger partial charge in [-0.15, -0.1) is 0 Å². The number of benzene rings is 1. The van der Waals surface area contributed by atoms with Crippen LogP contribution in [0.1, 0.15) is 23.5 Å². The molecule has 0 amide bonds. The molecule has 0 bridgehead atoms. The van der Waals surface area contributed by atoms with Crippen molar-refractivity contribution in [3.63, 3.8) is 0 Å². The van der Waals surface area contributed by atoms with Gasteiger partial charge in [-0.05, 0) is 24.6 Å². The van der Waals surface area contributed by atoms with Gasteiger partial charge in [-0.25, -0.2) is 4.39 Å². The molecular weight excluding hydrogens is 351 g/mol. The molecule has 7 heteroatoms. The Bertz CT molecular complexity index is 737. The minimum absolute atomic E-state index is 0.0928. The van der Waals surface area contributed by atoms with Crippen molar-refractivity contribution in [1.82, 2.24) is 9.80 Å². The second-order valence-corrected chi connectivity index (χ2v) is 6.86.